The van der Waals surface area contributed by atoms with E-state index in [0.717, 1.165) is 51.4 Å². The SMILES string of the molecule is CC1CN(C(=O)C2=COCC2)CC1N1CCOCC1. The summed E-state index contributed by atoms with van der Waals surface area (Å²) in [4.78, 5) is 16.8. The summed E-state index contributed by atoms with van der Waals surface area (Å²) >= 11 is 0. The van der Waals surface area contributed by atoms with Gasteiger partial charge in [-0.2, -0.15) is 0 Å². The van der Waals surface area contributed by atoms with Crippen molar-refractivity contribution in [2.75, 3.05) is 46.0 Å². The molecule has 19 heavy (non-hydrogen) atoms. The lowest BCUT2D eigenvalue weighted by Crippen LogP contribution is -2.47. The molecule has 2 unspecified atom stereocenters. The fraction of sp³-hybridized carbons (Fsp3) is 0.786. The number of amides is 1. The lowest BCUT2D eigenvalue weighted by molar-refractivity contribution is -0.126. The standard InChI is InChI=1S/C14H22N2O3/c1-11-8-16(14(17)12-2-5-19-10-12)9-13(11)15-3-6-18-7-4-15/h10-11,13H,2-9H2,1H3. The quantitative estimate of drug-likeness (QED) is 0.728. The Morgan fingerprint density at radius 2 is 2.05 bits per heavy atom. The van der Waals surface area contributed by atoms with Crippen molar-refractivity contribution in [3.05, 3.63) is 11.8 Å². The third-order valence-corrected chi connectivity index (χ3v) is 4.36. The summed E-state index contributed by atoms with van der Waals surface area (Å²) in [5.41, 5.74) is 0.829. The average molecular weight is 266 g/mol. The zero-order chi connectivity index (χ0) is 13.2. The van der Waals surface area contributed by atoms with Gasteiger partial charge in [0.15, 0.2) is 0 Å². The zero-order valence-corrected chi connectivity index (χ0v) is 11.5. The van der Waals surface area contributed by atoms with Crippen LogP contribution in [-0.4, -0.2) is 67.7 Å². The molecule has 0 aromatic rings. The molecule has 0 aromatic heterocycles. The second-order valence-electron chi connectivity index (χ2n) is 5.67. The molecule has 3 heterocycles. The van der Waals surface area contributed by atoms with Crippen LogP contribution in [0.1, 0.15) is 13.3 Å². The van der Waals surface area contributed by atoms with Crippen LogP contribution in [0.15, 0.2) is 11.8 Å². The number of hydrogen-bond donors (Lipinski definition) is 0. The Labute approximate surface area is 114 Å². The molecule has 106 valence electrons. The van der Waals surface area contributed by atoms with Gasteiger partial charge in [-0.3, -0.25) is 9.69 Å². The second-order valence-corrected chi connectivity index (χ2v) is 5.67. The number of morpholine rings is 1. The molecule has 1 amide bonds. The Hall–Kier alpha value is -1.07. The molecule has 5 heteroatoms. The van der Waals surface area contributed by atoms with E-state index in [2.05, 4.69) is 11.8 Å². The van der Waals surface area contributed by atoms with Gasteiger partial charge in [-0.25, -0.2) is 0 Å². The molecule has 5 nitrogen and oxygen atoms in total. The van der Waals surface area contributed by atoms with E-state index in [-0.39, 0.29) is 5.91 Å². The lowest BCUT2D eigenvalue weighted by atomic mass is 10.0. The van der Waals surface area contributed by atoms with Gasteiger partial charge >= 0.3 is 0 Å². The van der Waals surface area contributed by atoms with Crippen molar-refractivity contribution in [3.63, 3.8) is 0 Å². The first kappa shape index (κ1) is 12.9. The topological polar surface area (TPSA) is 42.0 Å². The van der Waals surface area contributed by atoms with Gasteiger partial charge in [-0.05, 0) is 5.92 Å². The number of hydrogen-bond acceptors (Lipinski definition) is 4. The van der Waals surface area contributed by atoms with Crippen molar-refractivity contribution in [3.8, 4) is 0 Å². The minimum atomic E-state index is 0.167. The fourth-order valence-electron chi connectivity index (χ4n) is 3.25. The van der Waals surface area contributed by atoms with Crippen LogP contribution in [0.5, 0.6) is 0 Å². The third kappa shape index (κ3) is 2.62. The molecule has 0 bridgehead atoms. The highest BCUT2D eigenvalue weighted by Crippen LogP contribution is 2.25. The molecule has 3 rings (SSSR count). The number of carbonyl (C=O) groups excluding carboxylic acids is 1. The van der Waals surface area contributed by atoms with Gasteiger partial charge in [-0.1, -0.05) is 6.92 Å². The van der Waals surface area contributed by atoms with Gasteiger partial charge in [-0.15, -0.1) is 0 Å². The highest BCUT2D eigenvalue weighted by molar-refractivity contribution is 5.93. The van der Waals surface area contributed by atoms with E-state index in [1.165, 1.54) is 0 Å². The molecule has 2 atom stereocenters. The maximum atomic E-state index is 12.4. The average Bonchev–Trinajstić information content (AvgIpc) is 3.08. The molecule has 0 radical (unpaired) electrons. The maximum Gasteiger partial charge on any atom is 0.253 e. The van der Waals surface area contributed by atoms with Gasteiger partial charge < -0.3 is 14.4 Å². The number of rotatable bonds is 2. The fourth-order valence-corrected chi connectivity index (χ4v) is 3.25. The van der Waals surface area contributed by atoms with Crippen LogP contribution in [0, 0.1) is 5.92 Å². The van der Waals surface area contributed by atoms with Crippen molar-refractivity contribution in [2.24, 2.45) is 5.92 Å². The lowest BCUT2D eigenvalue weighted by Gasteiger charge is -2.33. The van der Waals surface area contributed by atoms with Crippen molar-refractivity contribution < 1.29 is 14.3 Å². The van der Waals surface area contributed by atoms with E-state index < -0.39 is 0 Å². The predicted molar refractivity (Wildman–Crippen MR) is 70.6 cm³/mol. The second kappa shape index (κ2) is 5.51. The maximum absolute atomic E-state index is 12.4. The van der Waals surface area contributed by atoms with E-state index in [1.807, 2.05) is 4.90 Å². The van der Waals surface area contributed by atoms with Gasteiger partial charge in [0.2, 0.25) is 0 Å². The van der Waals surface area contributed by atoms with E-state index >= 15 is 0 Å². The molecule has 2 saturated heterocycles. The highest BCUT2D eigenvalue weighted by atomic mass is 16.5. The van der Waals surface area contributed by atoms with E-state index in [0.29, 0.717) is 18.6 Å². The first-order chi connectivity index (χ1) is 9.25. The van der Waals surface area contributed by atoms with Crippen LogP contribution in [0.2, 0.25) is 0 Å². The molecule has 2 fully saturated rings. The zero-order valence-electron chi connectivity index (χ0n) is 11.5. The van der Waals surface area contributed by atoms with Crippen LogP contribution < -0.4 is 0 Å². The largest absolute Gasteiger partial charge is 0.500 e. The van der Waals surface area contributed by atoms with Crippen LogP contribution in [0.25, 0.3) is 0 Å². The van der Waals surface area contributed by atoms with Crippen LogP contribution in [-0.2, 0) is 14.3 Å². The summed E-state index contributed by atoms with van der Waals surface area (Å²) in [6, 6.07) is 0.482. The number of nitrogens with zero attached hydrogens (tertiary/aromatic N) is 2. The minimum absolute atomic E-state index is 0.167. The van der Waals surface area contributed by atoms with Crippen molar-refractivity contribution in [2.45, 2.75) is 19.4 Å². The number of ether oxygens (including phenoxy) is 2. The van der Waals surface area contributed by atoms with E-state index in [4.69, 9.17) is 9.47 Å². The Kier molecular flexibility index (Phi) is 3.75. The first-order valence-electron chi connectivity index (χ1n) is 7.17. The molecule has 3 aliphatic heterocycles. The Morgan fingerprint density at radius 1 is 1.26 bits per heavy atom. The van der Waals surface area contributed by atoms with Crippen LogP contribution in [0.4, 0.5) is 0 Å². The van der Waals surface area contributed by atoms with Crippen molar-refractivity contribution in [1.29, 1.82) is 0 Å². The summed E-state index contributed by atoms with van der Waals surface area (Å²) in [7, 11) is 0. The van der Waals surface area contributed by atoms with Crippen LogP contribution >= 0.6 is 0 Å². The number of carbonyl (C=O) groups is 1. The summed E-state index contributed by atoms with van der Waals surface area (Å²) in [6.07, 6.45) is 2.39. The van der Waals surface area contributed by atoms with Crippen molar-refractivity contribution >= 4 is 5.91 Å². The predicted octanol–water partition coefficient (Wildman–Crippen LogP) is 0.470. The molecule has 0 aromatic carbocycles. The van der Waals surface area contributed by atoms with E-state index in [1.54, 1.807) is 6.26 Å². The van der Waals surface area contributed by atoms with Gasteiger partial charge in [0.1, 0.15) is 0 Å². The normalized spacial score (nSPS) is 32.3. The van der Waals surface area contributed by atoms with Gasteiger partial charge in [0.25, 0.3) is 5.91 Å². The Bertz CT molecular complexity index is 377. The summed E-state index contributed by atoms with van der Waals surface area (Å²) in [5, 5.41) is 0. The molecule has 0 spiro atoms. The molecular formula is C14H22N2O3. The monoisotopic (exact) mass is 266 g/mol. The van der Waals surface area contributed by atoms with Crippen molar-refractivity contribution in [1.82, 2.24) is 9.80 Å². The molecule has 0 N–H and O–H groups in total. The summed E-state index contributed by atoms with van der Waals surface area (Å²) in [5.74, 6) is 0.699. The summed E-state index contributed by atoms with van der Waals surface area (Å²) in [6.45, 7) is 8.21. The van der Waals surface area contributed by atoms with Gasteiger partial charge in [0.05, 0.1) is 31.7 Å². The third-order valence-electron chi connectivity index (χ3n) is 4.36. The first-order valence-corrected chi connectivity index (χ1v) is 7.17. The molecule has 0 aliphatic carbocycles. The smallest absolute Gasteiger partial charge is 0.253 e. The molecular weight excluding hydrogens is 244 g/mol. The Morgan fingerprint density at radius 3 is 2.74 bits per heavy atom. The Balaban J connectivity index is 1.62. The minimum Gasteiger partial charge on any atom is -0.500 e. The highest BCUT2D eigenvalue weighted by Gasteiger charge is 2.37. The van der Waals surface area contributed by atoms with E-state index in [9.17, 15) is 4.79 Å². The van der Waals surface area contributed by atoms with Crippen LogP contribution in [0.3, 0.4) is 0 Å². The number of likely N-dealkylation sites (tertiary alicyclic amines) is 1. The van der Waals surface area contributed by atoms with Gasteiger partial charge in [0, 0.05) is 38.6 Å². The molecule has 3 aliphatic rings. The summed E-state index contributed by atoms with van der Waals surface area (Å²) < 4.78 is 10.6. The molecule has 0 saturated carbocycles.